The molecule has 2 amide bonds. The molecule has 1 atom stereocenters. The van der Waals surface area contributed by atoms with E-state index in [9.17, 15) is 9.59 Å². The van der Waals surface area contributed by atoms with E-state index in [1.54, 1.807) is 31.2 Å². The van der Waals surface area contributed by atoms with Crippen LogP contribution in [-0.4, -0.2) is 24.9 Å². The third-order valence-electron chi connectivity index (χ3n) is 2.02. The summed E-state index contributed by atoms with van der Waals surface area (Å²) < 4.78 is 0. The van der Waals surface area contributed by atoms with Gasteiger partial charge in [-0.05, 0) is 19.1 Å². The van der Waals surface area contributed by atoms with Gasteiger partial charge in [0.1, 0.15) is 6.04 Å². The van der Waals surface area contributed by atoms with Crippen molar-refractivity contribution in [2.75, 3.05) is 7.05 Å². The highest BCUT2D eigenvalue weighted by atomic mass is 16.2. The standard InChI is InChI=1S/C11H14N2O2/c1-8(10(14)12-2)13-11(15)9-6-4-3-5-7-9/h3-8H,1-2H3,(H,12,14)(H,13,15)/t8-/m1/s1. The zero-order valence-electron chi connectivity index (χ0n) is 8.78. The maximum Gasteiger partial charge on any atom is 0.251 e. The highest BCUT2D eigenvalue weighted by Crippen LogP contribution is 1.98. The Labute approximate surface area is 88.7 Å². The Bertz CT molecular complexity index is 349. The van der Waals surface area contributed by atoms with E-state index in [1.165, 1.54) is 7.05 Å². The molecule has 0 bridgehead atoms. The normalized spacial score (nSPS) is 11.6. The van der Waals surface area contributed by atoms with E-state index >= 15 is 0 Å². The molecular weight excluding hydrogens is 192 g/mol. The Balaban J connectivity index is 2.61. The molecule has 15 heavy (non-hydrogen) atoms. The van der Waals surface area contributed by atoms with Gasteiger partial charge in [0.15, 0.2) is 0 Å². The summed E-state index contributed by atoms with van der Waals surface area (Å²) in [7, 11) is 1.54. The lowest BCUT2D eigenvalue weighted by molar-refractivity contribution is -0.122. The molecule has 1 aromatic carbocycles. The van der Waals surface area contributed by atoms with E-state index in [0.29, 0.717) is 5.56 Å². The van der Waals surface area contributed by atoms with Gasteiger partial charge >= 0.3 is 0 Å². The van der Waals surface area contributed by atoms with Crippen LogP contribution in [0.25, 0.3) is 0 Å². The van der Waals surface area contributed by atoms with E-state index in [0.717, 1.165) is 0 Å². The van der Waals surface area contributed by atoms with E-state index in [2.05, 4.69) is 10.6 Å². The molecule has 0 unspecified atom stereocenters. The van der Waals surface area contributed by atoms with Gasteiger partial charge in [-0.25, -0.2) is 0 Å². The molecule has 0 aliphatic carbocycles. The van der Waals surface area contributed by atoms with Crippen LogP contribution in [0.5, 0.6) is 0 Å². The number of hydrogen-bond acceptors (Lipinski definition) is 2. The number of nitrogens with one attached hydrogen (secondary N) is 2. The molecule has 0 aliphatic heterocycles. The molecular formula is C11H14N2O2. The van der Waals surface area contributed by atoms with Crippen LogP contribution in [0.3, 0.4) is 0 Å². The second kappa shape index (κ2) is 5.14. The molecule has 0 radical (unpaired) electrons. The topological polar surface area (TPSA) is 58.2 Å². The average molecular weight is 206 g/mol. The van der Waals surface area contributed by atoms with Crippen LogP contribution in [0.4, 0.5) is 0 Å². The van der Waals surface area contributed by atoms with E-state index in [1.807, 2.05) is 6.07 Å². The summed E-state index contributed by atoms with van der Waals surface area (Å²) in [6.45, 7) is 1.64. The maximum atomic E-state index is 11.6. The molecule has 0 fully saturated rings. The molecule has 2 N–H and O–H groups in total. The first kappa shape index (κ1) is 11.2. The summed E-state index contributed by atoms with van der Waals surface area (Å²) >= 11 is 0. The summed E-state index contributed by atoms with van der Waals surface area (Å²) in [5, 5.41) is 5.06. The van der Waals surface area contributed by atoms with Crippen LogP contribution < -0.4 is 10.6 Å². The molecule has 4 nitrogen and oxygen atoms in total. The quantitative estimate of drug-likeness (QED) is 0.758. The van der Waals surface area contributed by atoms with Gasteiger partial charge in [-0.2, -0.15) is 0 Å². The van der Waals surface area contributed by atoms with Crippen LogP contribution in [-0.2, 0) is 4.79 Å². The number of amides is 2. The molecule has 0 saturated heterocycles. The van der Waals surface area contributed by atoms with Crippen LogP contribution >= 0.6 is 0 Å². The maximum absolute atomic E-state index is 11.6. The highest BCUT2D eigenvalue weighted by molar-refractivity contribution is 5.97. The van der Waals surface area contributed by atoms with Crippen molar-refractivity contribution in [3.05, 3.63) is 35.9 Å². The zero-order valence-corrected chi connectivity index (χ0v) is 8.78. The van der Waals surface area contributed by atoms with Gasteiger partial charge in [0.05, 0.1) is 0 Å². The van der Waals surface area contributed by atoms with Gasteiger partial charge < -0.3 is 10.6 Å². The predicted molar refractivity (Wildman–Crippen MR) is 57.4 cm³/mol. The first-order valence-electron chi connectivity index (χ1n) is 4.72. The lowest BCUT2D eigenvalue weighted by Gasteiger charge is -2.11. The summed E-state index contributed by atoms with van der Waals surface area (Å²) in [6, 6.07) is 8.26. The summed E-state index contributed by atoms with van der Waals surface area (Å²) in [6.07, 6.45) is 0. The van der Waals surface area contributed by atoms with Crippen molar-refractivity contribution in [3.8, 4) is 0 Å². The molecule has 4 heteroatoms. The van der Waals surface area contributed by atoms with Gasteiger partial charge in [-0.15, -0.1) is 0 Å². The Kier molecular flexibility index (Phi) is 3.85. The van der Waals surface area contributed by atoms with Crippen LogP contribution in [0, 0.1) is 0 Å². The average Bonchev–Trinajstić information content (AvgIpc) is 2.29. The fourth-order valence-corrected chi connectivity index (χ4v) is 1.15. The third-order valence-corrected chi connectivity index (χ3v) is 2.02. The molecule has 0 spiro atoms. The fraction of sp³-hybridized carbons (Fsp3) is 0.273. The molecule has 1 aromatic rings. The minimum atomic E-state index is -0.525. The largest absolute Gasteiger partial charge is 0.357 e. The Morgan fingerprint density at radius 1 is 1.20 bits per heavy atom. The van der Waals surface area contributed by atoms with Crippen LogP contribution in [0.1, 0.15) is 17.3 Å². The first-order chi connectivity index (χ1) is 7.15. The Morgan fingerprint density at radius 3 is 2.33 bits per heavy atom. The van der Waals surface area contributed by atoms with E-state index < -0.39 is 6.04 Å². The molecule has 0 aromatic heterocycles. The van der Waals surface area contributed by atoms with Crippen LogP contribution in [0.15, 0.2) is 30.3 Å². The van der Waals surface area contributed by atoms with E-state index in [4.69, 9.17) is 0 Å². The summed E-state index contributed by atoms with van der Waals surface area (Å²) in [5.74, 6) is -0.453. The number of hydrogen-bond donors (Lipinski definition) is 2. The SMILES string of the molecule is CNC(=O)[C@@H](C)NC(=O)c1ccccc1. The summed E-state index contributed by atoms with van der Waals surface area (Å²) in [5.41, 5.74) is 0.549. The van der Waals surface area contributed by atoms with Crippen molar-refractivity contribution in [2.24, 2.45) is 0 Å². The fourth-order valence-electron chi connectivity index (χ4n) is 1.15. The van der Waals surface area contributed by atoms with Crippen molar-refractivity contribution in [1.29, 1.82) is 0 Å². The molecule has 80 valence electrons. The van der Waals surface area contributed by atoms with Crippen molar-refractivity contribution in [2.45, 2.75) is 13.0 Å². The van der Waals surface area contributed by atoms with Gasteiger partial charge in [-0.1, -0.05) is 18.2 Å². The monoisotopic (exact) mass is 206 g/mol. The Hall–Kier alpha value is -1.84. The van der Waals surface area contributed by atoms with E-state index in [-0.39, 0.29) is 11.8 Å². The van der Waals surface area contributed by atoms with Crippen molar-refractivity contribution in [3.63, 3.8) is 0 Å². The number of carbonyl (C=O) groups is 2. The molecule has 0 aliphatic rings. The molecule has 1 rings (SSSR count). The van der Waals surface area contributed by atoms with Gasteiger partial charge in [0.2, 0.25) is 5.91 Å². The van der Waals surface area contributed by atoms with Crippen molar-refractivity contribution in [1.82, 2.24) is 10.6 Å². The second-order valence-corrected chi connectivity index (χ2v) is 3.18. The lowest BCUT2D eigenvalue weighted by atomic mass is 10.2. The smallest absolute Gasteiger partial charge is 0.251 e. The van der Waals surface area contributed by atoms with Crippen LogP contribution in [0.2, 0.25) is 0 Å². The first-order valence-corrected chi connectivity index (χ1v) is 4.72. The third kappa shape index (κ3) is 3.09. The van der Waals surface area contributed by atoms with Gasteiger partial charge in [0.25, 0.3) is 5.91 Å². The van der Waals surface area contributed by atoms with Gasteiger partial charge in [-0.3, -0.25) is 9.59 Å². The number of rotatable bonds is 3. The number of benzene rings is 1. The predicted octanol–water partition coefficient (Wildman–Crippen LogP) is 0.551. The molecule has 0 heterocycles. The highest BCUT2D eigenvalue weighted by Gasteiger charge is 2.14. The number of likely N-dealkylation sites (N-methyl/N-ethyl adjacent to an activating group) is 1. The Morgan fingerprint density at radius 2 is 1.80 bits per heavy atom. The number of carbonyl (C=O) groups excluding carboxylic acids is 2. The second-order valence-electron chi connectivity index (χ2n) is 3.18. The summed E-state index contributed by atoms with van der Waals surface area (Å²) in [4.78, 5) is 22.7. The van der Waals surface area contributed by atoms with Gasteiger partial charge in [0, 0.05) is 12.6 Å². The van der Waals surface area contributed by atoms with Crippen molar-refractivity contribution >= 4 is 11.8 Å². The molecule has 0 saturated carbocycles. The zero-order chi connectivity index (χ0) is 11.3. The lowest BCUT2D eigenvalue weighted by Crippen LogP contribution is -2.43. The minimum absolute atomic E-state index is 0.209. The minimum Gasteiger partial charge on any atom is -0.357 e. The van der Waals surface area contributed by atoms with Crippen molar-refractivity contribution < 1.29 is 9.59 Å².